The van der Waals surface area contributed by atoms with Gasteiger partial charge >= 0.3 is 0 Å². The number of carbonyl (C=O) groups is 3. The number of hydrogen-bond donors (Lipinski definition) is 2. The van der Waals surface area contributed by atoms with Gasteiger partial charge in [0.1, 0.15) is 17.8 Å². The van der Waals surface area contributed by atoms with Gasteiger partial charge in [-0.15, -0.1) is 0 Å². The number of amides is 2. The summed E-state index contributed by atoms with van der Waals surface area (Å²) in [5.41, 5.74) is 2.29. The minimum absolute atomic E-state index is 0.0249. The Morgan fingerprint density at radius 3 is 2.75 bits per heavy atom. The summed E-state index contributed by atoms with van der Waals surface area (Å²) in [6.45, 7) is 4.97. The third kappa shape index (κ3) is 3.73. The zero-order valence-electron chi connectivity index (χ0n) is 13.9. The summed E-state index contributed by atoms with van der Waals surface area (Å²) in [4.78, 5) is 36.2. The lowest BCUT2D eigenvalue weighted by Crippen LogP contribution is -2.34. The molecule has 1 aromatic rings. The molecule has 1 aliphatic rings. The summed E-state index contributed by atoms with van der Waals surface area (Å²) >= 11 is 0. The molecule has 7 heteroatoms. The molecule has 1 aromatic carbocycles. The first-order valence-corrected chi connectivity index (χ1v) is 7.50. The van der Waals surface area contributed by atoms with Gasteiger partial charge in [-0.3, -0.25) is 9.59 Å². The van der Waals surface area contributed by atoms with Crippen LogP contribution >= 0.6 is 0 Å². The second kappa shape index (κ2) is 7.16. The highest BCUT2D eigenvalue weighted by molar-refractivity contribution is 6.00. The molecule has 0 atom stereocenters. The largest absolute Gasteiger partial charge is 0.512 e. The molecule has 0 fully saturated rings. The van der Waals surface area contributed by atoms with E-state index in [9.17, 15) is 19.5 Å². The number of ether oxygens (including phenoxy) is 1. The molecule has 0 saturated heterocycles. The summed E-state index contributed by atoms with van der Waals surface area (Å²) in [6.07, 6.45) is 0.418. The molecule has 0 saturated carbocycles. The Morgan fingerprint density at radius 2 is 2.12 bits per heavy atom. The fourth-order valence-corrected chi connectivity index (χ4v) is 2.33. The molecule has 1 aliphatic heterocycles. The van der Waals surface area contributed by atoms with Gasteiger partial charge in [0.25, 0.3) is 5.91 Å². The van der Waals surface area contributed by atoms with Crippen LogP contribution in [0.1, 0.15) is 25.8 Å². The molecule has 2 N–H and O–H groups in total. The zero-order valence-corrected chi connectivity index (χ0v) is 13.9. The van der Waals surface area contributed by atoms with Crippen LogP contribution in [0.15, 0.2) is 23.5 Å². The lowest BCUT2D eigenvalue weighted by atomic mass is 10.1. The molecule has 0 unspecified atom stereocenters. The van der Waals surface area contributed by atoms with Gasteiger partial charge in [-0.05, 0) is 44.0 Å². The molecular formula is C17H20N2O5. The van der Waals surface area contributed by atoms with E-state index in [0.717, 1.165) is 5.56 Å². The number of aliphatic hydroxyl groups excluding tert-OH is 1. The fourth-order valence-electron chi connectivity index (χ4n) is 2.33. The highest BCUT2D eigenvalue weighted by Gasteiger charge is 2.23. The number of fused-ring (bicyclic) bond motifs is 1. The number of benzene rings is 1. The van der Waals surface area contributed by atoms with Crippen molar-refractivity contribution in [3.8, 4) is 5.75 Å². The van der Waals surface area contributed by atoms with E-state index in [2.05, 4.69) is 5.32 Å². The maximum atomic E-state index is 12.5. The van der Waals surface area contributed by atoms with E-state index in [0.29, 0.717) is 29.0 Å². The summed E-state index contributed by atoms with van der Waals surface area (Å²) in [5.74, 6) is -0.204. The van der Waals surface area contributed by atoms with Gasteiger partial charge in [0, 0.05) is 5.69 Å². The Hall–Kier alpha value is -2.83. The van der Waals surface area contributed by atoms with Crippen LogP contribution in [0.25, 0.3) is 0 Å². The minimum Gasteiger partial charge on any atom is -0.512 e. The van der Waals surface area contributed by atoms with Crippen molar-refractivity contribution in [1.82, 2.24) is 0 Å². The maximum absolute atomic E-state index is 12.5. The first-order valence-electron chi connectivity index (χ1n) is 7.50. The number of aldehydes is 1. The van der Waals surface area contributed by atoms with Crippen molar-refractivity contribution < 1.29 is 24.2 Å². The molecule has 1 heterocycles. The number of hydrogen-bond acceptors (Lipinski definition) is 5. The second-order valence-corrected chi connectivity index (χ2v) is 5.77. The molecule has 0 radical (unpaired) electrons. The van der Waals surface area contributed by atoms with Crippen LogP contribution in [-0.2, 0) is 14.4 Å². The number of nitrogens with zero attached hydrogens (tertiary/aromatic N) is 1. The molecule has 0 aromatic heterocycles. The van der Waals surface area contributed by atoms with Gasteiger partial charge in [0.2, 0.25) is 5.91 Å². The molecule has 2 amide bonds. The Labute approximate surface area is 139 Å². The number of allylic oxidation sites excluding steroid dienone is 1. The summed E-state index contributed by atoms with van der Waals surface area (Å²) in [7, 11) is 0. The molecule has 7 nitrogen and oxygen atoms in total. The highest BCUT2D eigenvalue weighted by Crippen LogP contribution is 2.35. The second-order valence-electron chi connectivity index (χ2n) is 5.77. The van der Waals surface area contributed by atoms with Crippen LogP contribution in [0.2, 0.25) is 0 Å². The number of rotatable bonds is 5. The topological polar surface area (TPSA) is 95.9 Å². The fraction of sp³-hybridized carbons (Fsp3) is 0.353. The van der Waals surface area contributed by atoms with Crippen molar-refractivity contribution in [2.45, 2.75) is 27.2 Å². The van der Waals surface area contributed by atoms with Gasteiger partial charge in [-0.25, -0.2) is 0 Å². The van der Waals surface area contributed by atoms with Crippen LogP contribution in [0.3, 0.4) is 0 Å². The average Bonchev–Trinajstić information content (AvgIpc) is 2.52. The van der Waals surface area contributed by atoms with E-state index in [1.807, 2.05) is 0 Å². The van der Waals surface area contributed by atoms with Crippen LogP contribution in [-0.4, -0.2) is 36.4 Å². The predicted octanol–water partition coefficient (Wildman–Crippen LogP) is 2.10. The lowest BCUT2D eigenvalue weighted by molar-refractivity contribution is -0.119. The average molecular weight is 332 g/mol. The van der Waals surface area contributed by atoms with Gasteiger partial charge in [-0.1, -0.05) is 0 Å². The smallest absolute Gasteiger partial charge is 0.262 e. The van der Waals surface area contributed by atoms with Crippen molar-refractivity contribution in [2.24, 2.45) is 0 Å². The van der Waals surface area contributed by atoms with E-state index >= 15 is 0 Å². The van der Waals surface area contributed by atoms with Crippen LogP contribution < -0.4 is 15.0 Å². The van der Waals surface area contributed by atoms with E-state index < -0.39 is 5.91 Å². The van der Waals surface area contributed by atoms with Crippen molar-refractivity contribution >= 4 is 29.5 Å². The monoisotopic (exact) mass is 332 g/mol. The zero-order chi connectivity index (χ0) is 17.9. The van der Waals surface area contributed by atoms with E-state index in [-0.39, 0.29) is 31.2 Å². The molecule has 2 rings (SSSR count). The Kier molecular flexibility index (Phi) is 5.23. The summed E-state index contributed by atoms with van der Waals surface area (Å²) in [5, 5.41) is 12.5. The maximum Gasteiger partial charge on any atom is 0.262 e. The Bertz CT molecular complexity index is 720. The Morgan fingerprint density at radius 1 is 1.42 bits per heavy atom. The highest BCUT2D eigenvalue weighted by atomic mass is 16.5. The van der Waals surface area contributed by atoms with E-state index in [1.165, 1.54) is 4.90 Å². The number of anilines is 2. The standard InChI is InChI=1S/C17H20N2O5/c1-10(2)14(21)8-17(23)19(4-5-20)13-7-12-15(6-11(13)3)24-9-16(22)18-12/h5-7,21H,4,8-9H2,1-3H3,(H,18,22). The van der Waals surface area contributed by atoms with Crippen molar-refractivity contribution in [3.05, 3.63) is 29.0 Å². The number of aliphatic hydroxyl groups is 1. The van der Waals surface area contributed by atoms with Crippen molar-refractivity contribution in [2.75, 3.05) is 23.4 Å². The van der Waals surface area contributed by atoms with Crippen LogP contribution in [0.4, 0.5) is 11.4 Å². The number of nitrogens with one attached hydrogen (secondary N) is 1. The number of aryl methyl sites for hydroxylation is 1. The first-order chi connectivity index (χ1) is 11.3. The molecule has 24 heavy (non-hydrogen) atoms. The normalized spacial score (nSPS) is 12.5. The summed E-state index contributed by atoms with van der Waals surface area (Å²) < 4.78 is 5.34. The summed E-state index contributed by atoms with van der Waals surface area (Å²) in [6, 6.07) is 3.30. The quantitative estimate of drug-likeness (QED) is 0.636. The minimum atomic E-state index is -0.410. The lowest BCUT2D eigenvalue weighted by Gasteiger charge is -2.26. The van der Waals surface area contributed by atoms with Gasteiger partial charge in [0.15, 0.2) is 6.61 Å². The molecule has 0 aliphatic carbocycles. The van der Waals surface area contributed by atoms with Crippen molar-refractivity contribution in [3.63, 3.8) is 0 Å². The van der Waals surface area contributed by atoms with Crippen LogP contribution in [0, 0.1) is 6.92 Å². The van der Waals surface area contributed by atoms with Gasteiger partial charge < -0.3 is 24.9 Å². The predicted molar refractivity (Wildman–Crippen MR) is 89.3 cm³/mol. The van der Waals surface area contributed by atoms with Crippen LogP contribution in [0.5, 0.6) is 5.75 Å². The van der Waals surface area contributed by atoms with Gasteiger partial charge in [0.05, 0.1) is 18.7 Å². The number of carbonyl (C=O) groups excluding carboxylic acids is 3. The third-order valence-corrected chi connectivity index (χ3v) is 3.68. The molecule has 0 spiro atoms. The molecular weight excluding hydrogens is 312 g/mol. The Balaban J connectivity index is 2.39. The third-order valence-electron chi connectivity index (χ3n) is 3.68. The van der Waals surface area contributed by atoms with E-state index in [1.54, 1.807) is 32.9 Å². The van der Waals surface area contributed by atoms with E-state index in [4.69, 9.17) is 4.74 Å². The van der Waals surface area contributed by atoms with Gasteiger partial charge in [-0.2, -0.15) is 0 Å². The van der Waals surface area contributed by atoms with Crippen molar-refractivity contribution in [1.29, 1.82) is 0 Å². The molecule has 0 bridgehead atoms. The SMILES string of the molecule is CC(C)=C(O)CC(=O)N(CC=O)c1cc2c(cc1C)OCC(=O)N2. The molecule has 128 valence electrons. The first kappa shape index (κ1) is 17.5.